The average Bonchev–Trinajstić information content (AvgIpc) is 2.98. The predicted octanol–water partition coefficient (Wildman–Crippen LogP) is 2.22. The number of carbonyl (C=O) groups excluding carboxylic acids is 1. The smallest absolute Gasteiger partial charge is 0.271 e. The van der Waals surface area contributed by atoms with E-state index in [0.717, 1.165) is 6.42 Å². The first-order valence-corrected chi connectivity index (χ1v) is 7.62. The molecule has 0 bridgehead atoms. The van der Waals surface area contributed by atoms with Crippen molar-refractivity contribution in [3.63, 3.8) is 0 Å². The van der Waals surface area contributed by atoms with Crippen LogP contribution in [0.3, 0.4) is 0 Å². The van der Waals surface area contributed by atoms with Gasteiger partial charge in [0.25, 0.3) is 5.91 Å². The van der Waals surface area contributed by atoms with Gasteiger partial charge in [-0.05, 0) is 49.6 Å². The number of thiophene rings is 1. The number of hydrogen-bond donors (Lipinski definition) is 2. The molecule has 2 heterocycles. The van der Waals surface area contributed by atoms with Crippen molar-refractivity contribution >= 4 is 22.9 Å². The number of amides is 1. The van der Waals surface area contributed by atoms with E-state index in [1.807, 2.05) is 26.2 Å². The average molecular weight is 292 g/mol. The Morgan fingerprint density at radius 1 is 1.60 bits per heavy atom. The summed E-state index contributed by atoms with van der Waals surface area (Å²) in [5, 5.41) is 11.4. The SMILES string of the molecule is CCn1nc(C)c(N)c1C(=O)NC(C)Cc1ccsc1. The fourth-order valence-electron chi connectivity index (χ4n) is 2.17. The van der Waals surface area contributed by atoms with Gasteiger partial charge in [-0.1, -0.05) is 0 Å². The van der Waals surface area contributed by atoms with Gasteiger partial charge in [0, 0.05) is 12.6 Å². The van der Waals surface area contributed by atoms with Crippen LogP contribution < -0.4 is 11.1 Å². The number of carbonyl (C=O) groups is 1. The van der Waals surface area contributed by atoms with E-state index in [0.29, 0.717) is 23.6 Å². The van der Waals surface area contributed by atoms with E-state index in [2.05, 4.69) is 21.9 Å². The molecule has 2 rings (SSSR count). The van der Waals surface area contributed by atoms with E-state index >= 15 is 0 Å². The Morgan fingerprint density at radius 2 is 2.35 bits per heavy atom. The van der Waals surface area contributed by atoms with Gasteiger partial charge in [0.2, 0.25) is 0 Å². The van der Waals surface area contributed by atoms with Crippen LogP contribution in [0.1, 0.15) is 35.6 Å². The van der Waals surface area contributed by atoms with Crippen molar-refractivity contribution in [1.29, 1.82) is 0 Å². The zero-order valence-electron chi connectivity index (χ0n) is 12.0. The second-order valence-electron chi connectivity index (χ2n) is 4.87. The fourth-order valence-corrected chi connectivity index (χ4v) is 2.85. The molecular formula is C14H20N4OS. The van der Waals surface area contributed by atoms with Crippen LogP contribution in [-0.4, -0.2) is 21.7 Å². The largest absolute Gasteiger partial charge is 0.395 e. The van der Waals surface area contributed by atoms with Gasteiger partial charge >= 0.3 is 0 Å². The van der Waals surface area contributed by atoms with Gasteiger partial charge in [0.15, 0.2) is 0 Å². The highest BCUT2D eigenvalue weighted by atomic mass is 32.1. The Bertz CT molecular complexity index is 589. The first-order valence-electron chi connectivity index (χ1n) is 6.67. The number of nitrogens with one attached hydrogen (secondary N) is 1. The lowest BCUT2D eigenvalue weighted by atomic mass is 10.1. The van der Waals surface area contributed by atoms with Crippen LogP contribution in [0.4, 0.5) is 5.69 Å². The van der Waals surface area contributed by atoms with Crippen LogP contribution in [0.15, 0.2) is 16.8 Å². The lowest BCUT2D eigenvalue weighted by Crippen LogP contribution is -2.35. The molecule has 108 valence electrons. The molecule has 2 aromatic heterocycles. The molecule has 3 N–H and O–H groups in total. The zero-order chi connectivity index (χ0) is 14.7. The minimum absolute atomic E-state index is 0.0528. The number of anilines is 1. The molecule has 5 nitrogen and oxygen atoms in total. The van der Waals surface area contributed by atoms with Gasteiger partial charge < -0.3 is 11.1 Å². The zero-order valence-corrected chi connectivity index (χ0v) is 12.8. The summed E-state index contributed by atoms with van der Waals surface area (Å²) in [5.41, 5.74) is 8.80. The minimum Gasteiger partial charge on any atom is -0.395 e. The van der Waals surface area contributed by atoms with Gasteiger partial charge in [-0.2, -0.15) is 16.4 Å². The Kier molecular flexibility index (Phi) is 4.44. The van der Waals surface area contributed by atoms with Crippen molar-refractivity contribution in [3.05, 3.63) is 33.8 Å². The highest BCUT2D eigenvalue weighted by Crippen LogP contribution is 2.17. The molecule has 1 amide bonds. The number of nitrogen functional groups attached to an aromatic ring is 1. The molecule has 1 unspecified atom stereocenters. The van der Waals surface area contributed by atoms with Crippen molar-refractivity contribution in [2.75, 3.05) is 5.73 Å². The van der Waals surface area contributed by atoms with E-state index in [1.165, 1.54) is 5.56 Å². The molecular weight excluding hydrogens is 272 g/mol. The summed E-state index contributed by atoms with van der Waals surface area (Å²) in [7, 11) is 0. The van der Waals surface area contributed by atoms with Gasteiger partial charge in [0.05, 0.1) is 11.4 Å². The third kappa shape index (κ3) is 3.01. The maximum absolute atomic E-state index is 12.3. The molecule has 0 aliphatic heterocycles. The van der Waals surface area contributed by atoms with Crippen LogP contribution >= 0.6 is 11.3 Å². The third-order valence-corrected chi connectivity index (χ3v) is 3.92. The van der Waals surface area contributed by atoms with Crippen LogP contribution in [0.2, 0.25) is 0 Å². The van der Waals surface area contributed by atoms with Crippen molar-refractivity contribution in [1.82, 2.24) is 15.1 Å². The minimum atomic E-state index is -0.160. The van der Waals surface area contributed by atoms with Crippen LogP contribution in [0.25, 0.3) is 0 Å². The van der Waals surface area contributed by atoms with E-state index in [1.54, 1.807) is 16.0 Å². The molecule has 0 saturated carbocycles. The molecule has 20 heavy (non-hydrogen) atoms. The van der Waals surface area contributed by atoms with E-state index < -0.39 is 0 Å². The summed E-state index contributed by atoms with van der Waals surface area (Å²) in [6.45, 7) is 6.37. The Labute approximate surface area is 122 Å². The highest BCUT2D eigenvalue weighted by Gasteiger charge is 2.20. The number of hydrogen-bond acceptors (Lipinski definition) is 4. The number of rotatable bonds is 5. The van der Waals surface area contributed by atoms with Gasteiger partial charge in [-0.15, -0.1) is 0 Å². The Morgan fingerprint density at radius 3 is 2.95 bits per heavy atom. The van der Waals surface area contributed by atoms with Crippen molar-refractivity contribution in [3.8, 4) is 0 Å². The summed E-state index contributed by atoms with van der Waals surface area (Å²) in [5.74, 6) is -0.160. The fraction of sp³-hybridized carbons (Fsp3) is 0.429. The second-order valence-corrected chi connectivity index (χ2v) is 5.65. The lowest BCUT2D eigenvalue weighted by Gasteiger charge is -2.14. The summed E-state index contributed by atoms with van der Waals surface area (Å²) >= 11 is 1.66. The predicted molar refractivity (Wildman–Crippen MR) is 82.0 cm³/mol. The maximum atomic E-state index is 12.3. The van der Waals surface area contributed by atoms with Crippen LogP contribution in [0, 0.1) is 6.92 Å². The number of aromatic nitrogens is 2. The monoisotopic (exact) mass is 292 g/mol. The summed E-state index contributed by atoms with van der Waals surface area (Å²) in [4.78, 5) is 12.3. The Hall–Kier alpha value is -1.82. The number of aryl methyl sites for hydroxylation is 2. The highest BCUT2D eigenvalue weighted by molar-refractivity contribution is 7.07. The second kappa shape index (κ2) is 6.09. The molecule has 1 atom stereocenters. The molecule has 6 heteroatoms. The van der Waals surface area contributed by atoms with Crippen LogP contribution in [0.5, 0.6) is 0 Å². The lowest BCUT2D eigenvalue weighted by molar-refractivity contribution is 0.0930. The molecule has 0 spiro atoms. The number of nitrogens with two attached hydrogens (primary N) is 1. The van der Waals surface area contributed by atoms with Crippen molar-refractivity contribution < 1.29 is 4.79 Å². The molecule has 0 aliphatic carbocycles. The van der Waals surface area contributed by atoms with E-state index in [-0.39, 0.29) is 11.9 Å². The first-order chi connectivity index (χ1) is 9.52. The quantitative estimate of drug-likeness (QED) is 0.887. The third-order valence-electron chi connectivity index (χ3n) is 3.19. The van der Waals surface area contributed by atoms with Gasteiger partial charge in [-0.3, -0.25) is 9.48 Å². The summed E-state index contributed by atoms with van der Waals surface area (Å²) in [6, 6.07) is 2.12. The standard InChI is InChI=1S/C14H20N4OS/c1-4-18-13(12(15)10(3)17-18)14(19)16-9(2)7-11-5-6-20-8-11/h5-6,8-9H,4,7,15H2,1-3H3,(H,16,19). The molecule has 0 aliphatic rings. The van der Waals surface area contributed by atoms with E-state index in [9.17, 15) is 4.79 Å². The topological polar surface area (TPSA) is 72.9 Å². The molecule has 0 aromatic carbocycles. The normalized spacial score (nSPS) is 12.3. The maximum Gasteiger partial charge on any atom is 0.271 e. The van der Waals surface area contributed by atoms with E-state index in [4.69, 9.17) is 5.73 Å². The number of nitrogens with zero attached hydrogens (tertiary/aromatic N) is 2. The molecule has 0 radical (unpaired) electrons. The van der Waals surface area contributed by atoms with Gasteiger partial charge in [0.1, 0.15) is 5.69 Å². The Balaban J connectivity index is 2.08. The summed E-state index contributed by atoms with van der Waals surface area (Å²) < 4.78 is 1.65. The van der Waals surface area contributed by atoms with Gasteiger partial charge in [-0.25, -0.2) is 0 Å². The summed E-state index contributed by atoms with van der Waals surface area (Å²) in [6.07, 6.45) is 0.814. The first kappa shape index (κ1) is 14.6. The van der Waals surface area contributed by atoms with Crippen molar-refractivity contribution in [2.45, 2.75) is 39.8 Å². The molecule has 2 aromatic rings. The molecule has 0 fully saturated rings. The molecule has 0 saturated heterocycles. The van der Waals surface area contributed by atoms with Crippen molar-refractivity contribution in [2.24, 2.45) is 0 Å². The van der Waals surface area contributed by atoms with Crippen LogP contribution in [-0.2, 0) is 13.0 Å².